The fourth-order valence-electron chi connectivity index (χ4n) is 7.82. The molecule has 10 rings (SSSR count). The first-order valence-corrected chi connectivity index (χ1v) is 18.4. The van der Waals surface area contributed by atoms with Gasteiger partial charge in [0.2, 0.25) is 0 Å². The molecule has 1 aromatic heterocycles. The van der Waals surface area contributed by atoms with Crippen LogP contribution in [0.4, 0.5) is 17.1 Å². The number of furan rings is 1. The van der Waals surface area contributed by atoms with E-state index in [-0.39, 0.29) is 0 Å². The molecule has 0 fully saturated rings. The van der Waals surface area contributed by atoms with Crippen molar-refractivity contribution in [2.45, 2.75) is 0 Å². The van der Waals surface area contributed by atoms with Gasteiger partial charge in [0.05, 0.1) is 11.1 Å². The lowest BCUT2D eigenvalue weighted by atomic mass is 9.93. The minimum Gasteiger partial charge on any atom is -0.456 e. The first-order chi connectivity index (χ1) is 26.8. The van der Waals surface area contributed by atoms with Gasteiger partial charge in [-0.05, 0) is 110 Å². The Balaban J connectivity index is 1.10. The molecule has 54 heavy (non-hydrogen) atoms. The summed E-state index contributed by atoms with van der Waals surface area (Å²) in [6.45, 7) is 0. The summed E-state index contributed by atoms with van der Waals surface area (Å²) in [6.07, 6.45) is 0. The van der Waals surface area contributed by atoms with Crippen molar-refractivity contribution in [3.63, 3.8) is 0 Å². The number of anilines is 3. The van der Waals surface area contributed by atoms with Crippen LogP contribution in [0.2, 0.25) is 0 Å². The molecule has 0 spiro atoms. The zero-order valence-corrected chi connectivity index (χ0v) is 29.6. The Bertz CT molecular complexity index is 2910. The second kappa shape index (κ2) is 13.4. The molecular formula is C52H35NO. The minimum atomic E-state index is 0.868. The van der Waals surface area contributed by atoms with Crippen molar-refractivity contribution < 1.29 is 4.42 Å². The first kappa shape index (κ1) is 31.6. The van der Waals surface area contributed by atoms with Gasteiger partial charge in [0.1, 0.15) is 11.2 Å². The molecule has 0 radical (unpaired) electrons. The van der Waals surface area contributed by atoms with E-state index < -0.39 is 0 Å². The summed E-state index contributed by atoms with van der Waals surface area (Å²) in [5, 5.41) is 4.68. The fraction of sp³-hybridized carbons (Fsp3) is 0. The van der Waals surface area contributed by atoms with Crippen molar-refractivity contribution >= 4 is 49.8 Å². The lowest BCUT2D eigenvalue weighted by Crippen LogP contribution is -2.10. The third-order valence-electron chi connectivity index (χ3n) is 10.5. The fourth-order valence-corrected chi connectivity index (χ4v) is 7.82. The molecule has 0 N–H and O–H groups in total. The van der Waals surface area contributed by atoms with Crippen LogP contribution in [0, 0.1) is 0 Å². The van der Waals surface area contributed by atoms with Crippen LogP contribution in [-0.2, 0) is 0 Å². The van der Waals surface area contributed by atoms with Crippen LogP contribution in [0.5, 0.6) is 0 Å². The average Bonchev–Trinajstić information content (AvgIpc) is 3.64. The molecule has 10 aromatic rings. The predicted octanol–water partition coefficient (Wildman–Crippen LogP) is 14.9. The molecule has 0 aliphatic rings. The predicted molar refractivity (Wildman–Crippen MR) is 228 cm³/mol. The molecule has 9 aromatic carbocycles. The number of hydrogen-bond acceptors (Lipinski definition) is 2. The Morgan fingerprint density at radius 2 is 0.870 bits per heavy atom. The maximum Gasteiger partial charge on any atom is 0.137 e. The van der Waals surface area contributed by atoms with Crippen LogP contribution in [0.3, 0.4) is 0 Å². The molecule has 0 aliphatic carbocycles. The van der Waals surface area contributed by atoms with E-state index in [2.05, 4.69) is 205 Å². The number of rotatable bonds is 7. The monoisotopic (exact) mass is 689 g/mol. The topological polar surface area (TPSA) is 16.4 Å². The molecule has 2 nitrogen and oxygen atoms in total. The lowest BCUT2D eigenvalue weighted by Gasteiger charge is -2.27. The molecule has 0 saturated carbocycles. The van der Waals surface area contributed by atoms with Crippen molar-refractivity contribution in [3.8, 4) is 44.5 Å². The van der Waals surface area contributed by atoms with Gasteiger partial charge >= 0.3 is 0 Å². The van der Waals surface area contributed by atoms with E-state index in [1.54, 1.807) is 0 Å². The number of hydrogen-bond donors (Lipinski definition) is 0. The van der Waals surface area contributed by atoms with E-state index in [1.165, 1.54) is 49.7 Å². The SMILES string of the molecule is c1ccc(-c2ccc(-c3cccc(N(c4ccc(-c5cc(-c6ccccc6)c6ccccc6c5)cc4)c4cccc5oc6ccccc6c45)c3)cc2)cc1. The van der Waals surface area contributed by atoms with E-state index in [9.17, 15) is 0 Å². The van der Waals surface area contributed by atoms with Crippen molar-refractivity contribution in [3.05, 3.63) is 212 Å². The van der Waals surface area contributed by atoms with Gasteiger partial charge in [-0.1, -0.05) is 158 Å². The summed E-state index contributed by atoms with van der Waals surface area (Å²) in [6, 6.07) is 75.9. The molecule has 1 heterocycles. The smallest absolute Gasteiger partial charge is 0.137 e. The summed E-state index contributed by atoms with van der Waals surface area (Å²) in [7, 11) is 0. The molecule has 2 heteroatoms. The Morgan fingerprint density at radius 1 is 0.315 bits per heavy atom. The van der Waals surface area contributed by atoms with Gasteiger partial charge in [-0.15, -0.1) is 0 Å². The van der Waals surface area contributed by atoms with Crippen LogP contribution in [0.1, 0.15) is 0 Å². The quantitative estimate of drug-likeness (QED) is 0.166. The maximum absolute atomic E-state index is 6.39. The Hall–Kier alpha value is -7.16. The summed E-state index contributed by atoms with van der Waals surface area (Å²) in [5.41, 5.74) is 14.5. The van der Waals surface area contributed by atoms with E-state index in [0.29, 0.717) is 0 Å². The van der Waals surface area contributed by atoms with E-state index in [4.69, 9.17) is 4.42 Å². The molecular weight excluding hydrogens is 655 g/mol. The van der Waals surface area contributed by atoms with Crippen LogP contribution >= 0.6 is 0 Å². The molecule has 0 saturated heterocycles. The van der Waals surface area contributed by atoms with E-state index >= 15 is 0 Å². The van der Waals surface area contributed by atoms with Gasteiger partial charge in [-0.2, -0.15) is 0 Å². The first-order valence-electron chi connectivity index (χ1n) is 18.4. The van der Waals surface area contributed by atoms with Gasteiger partial charge in [-0.25, -0.2) is 0 Å². The molecule has 0 aliphatic heterocycles. The second-order valence-corrected chi connectivity index (χ2v) is 13.7. The van der Waals surface area contributed by atoms with Crippen LogP contribution in [0.15, 0.2) is 217 Å². The maximum atomic E-state index is 6.39. The Morgan fingerprint density at radius 3 is 1.65 bits per heavy atom. The third-order valence-corrected chi connectivity index (χ3v) is 10.5. The Kier molecular flexibility index (Phi) is 7.85. The van der Waals surface area contributed by atoms with Gasteiger partial charge in [0.25, 0.3) is 0 Å². The third kappa shape index (κ3) is 5.71. The molecule has 0 atom stereocenters. The second-order valence-electron chi connectivity index (χ2n) is 13.7. The number of para-hydroxylation sites is 1. The highest BCUT2D eigenvalue weighted by Crippen LogP contribution is 2.44. The van der Waals surface area contributed by atoms with Crippen molar-refractivity contribution in [2.75, 3.05) is 4.90 Å². The zero-order valence-electron chi connectivity index (χ0n) is 29.6. The van der Waals surface area contributed by atoms with Gasteiger partial charge < -0.3 is 9.32 Å². The molecule has 0 unspecified atom stereocenters. The average molecular weight is 690 g/mol. The highest BCUT2D eigenvalue weighted by molar-refractivity contribution is 6.13. The van der Waals surface area contributed by atoms with Crippen molar-refractivity contribution in [1.82, 2.24) is 0 Å². The summed E-state index contributed by atoms with van der Waals surface area (Å²) < 4.78 is 6.39. The van der Waals surface area contributed by atoms with Crippen LogP contribution in [-0.4, -0.2) is 0 Å². The molecule has 254 valence electrons. The van der Waals surface area contributed by atoms with Gasteiger partial charge in [-0.3, -0.25) is 0 Å². The van der Waals surface area contributed by atoms with Gasteiger partial charge in [0.15, 0.2) is 0 Å². The Labute approximate surface area is 314 Å². The van der Waals surface area contributed by atoms with Crippen molar-refractivity contribution in [2.24, 2.45) is 0 Å². The van der Waals surface area contributed by atoms with Crippen LogP contribution in [0.25, 0.3) is 77.2 Å². The highest BCUT2D eigenvalue weighted by atomic mass is 16.3. The van der Waals surface area contributed by atoms with E-state index in [1.807, 2.05) is 12.1 Å². The molecule has 0 amide bonds. The van der Waals surface area contributed by atoms with Crippen molar-refractivity contribution in [1.29, 1.82) is 0 Å². The number of benzene rings is 9. The summed E-state index contributed by atoms with van der Waals surface area (Å²) in [4.78, 5) is 2.37. The minimum absolute atomic E-state index is 0.868. The summed E-state index contributed by atoms with van der Waals surface area (Å²) in [5.74, 6) is 0. The lowest BCUT2D eigenvalue weighted by molar-refractivity contribution is 0.669. The summed E-state index contributed by atoms with van der Waals surface area (Å²) >= 11 is 0. The number of nitrogens with zero attached hydrogens (tertiary/aromatic N) is 1. The number of fused-ring (bicyclic) bond motifs is 4. The zero-order chi connectivity index (χ0) is 35.8. The van der Waals surface area contributed by atoms with Crippen LogP contribution < -0.4 is 4.90 Å². The highest BCUT2D eigenvalue weighted by Gasteiger charge is 2.20. The van der Waals surface area contributed by atoms with E-state index in [0.717, 1.165) is 44.6 Å². The largest absolute Gasteiger partial charge is 0.456 e. The standard InChI is InChI=1S/C52H35NO/c1-3-13-36(14-4-1)37-25-27-38(28-26-37)41-18-11-19-45(34-41)53(49-22-12-24-51-52(49)47-21-9-10-23-50(47)54-51)44-31-29-39(30-32-44)43-33-42-17-7-8-20-46(42)48(35-43)40-15-5-2-6-16-40/h1-35H. The normalized spacial score (nSPS) is 11.3. The van der Waals surface area contributed by atoms with Gasteiger partial charge in [0, 0.05) is 16.8 Å². The molecule has 0 bridgehead atoms.